The molecule has 4 heteroatoms. The summed E-state index contributed by atoms with van der Waals surface area (Å²) in [6.45, 7) is 3.69. The van der Waals surface area contributed by atoms with Crippen LogP contribution in [0.1, 0.15) is 18.9 Å². The van der Waals surface area contributed by atoms with Crippen molar-refractivity contribution in [3.8, 4) is 11.3 Å². The van der Waals surface area contributed by atoms with Gasteiger partial charge in [0.05, 0.1) is 12.3 Å². The van der Waals surface area contributed by atoms with Crippen LogP contribution < -0.4 is 5.32 Å². The Morgan fingerprint density at radius 1 is 1.26 bits per heavy atom. The van der Waals surface area contributed by atoms with Gasteiger partial charge in [0, 0.05) is 24.6 Å². The molecule has 0 saturated carbocycles. The fourth-order valence-electron chi connectivity index (χ4n) is 1.88. The molecule has 0 aliphatic carbocycles. The van der Waals surface area contributed by atoms with Gasteiger partial charge < -0.3 is 10.1 Å². The number of benzene rings is 1. The Balaban J connectivity index is 2.01. The molecule has 0 aliphatic heterocycles. The summed E-state index contributed by atoms with van der Waals surface area (Å²) in [7, 11) is 1.70. The van der Waals surface area contributed by atoms with Gasteiger partial charge in [-0.15, -0.1) is 11.3 Å². The van der Waals surface area contributed by atoms with Gasteiger partial charge in [-0.1, -0.05) is 37.6 Å². The maximum atomic E-state index is 5.01. The van der Waals surface area contributed by atoms with Gasteiger partial charge in [-0.05, 0) is 12.0 Å². The minimum Gasteiger partial charge on any atom is -0.383 e. The summed E-state index contributed by atoms with van der Waals surface area (Å²) in [5.41, 5.74) is 3.60. The van der Waals surface area contributed by atoms with Crippen molar-refractivity contribution >= 4 is 16.5 Å². The van der Waals surface area contributed by atoms with E-state index >= 15 is 0 Å². The smallest absolute Gasteiger partial charge is 0.183 e. The predicted molar refractivity (Wildman–Crippen MR) is 81.9 cm³/mol. The number of nitrogens with zero attached hydrogens (tertiary/aromatic N) is 1. The van der Waals surface area contributed by atoms with Gasteiger partial charge in [0.15, 0.2) is 5.13 Å². The summed E-state index contributed by atoms with van der Waals surface area (Å²) in [5.74, 6) is 0. The third-order valence-corrected chi connectivity index (χ3v) is 3.67. The van der Waals surface area contributed by atoms with Gasteiger partial charge in [0.1, 0.15) is 0 Å². The van der Waals surface area contributed by atoms with Crippen LogP contribution in [-0.2, 0) is 11.2 Å². The van der Waals surface area contributed by atoms with E-state index < -0.39 is 0 Å². The minimum absolute atomic E-state index is 0.695. The van der Waals surface area contributed by atoms with Gasteiger partial charge >= 0.3 is 0 Å². The number of ether oxygens (including phenoxy) is 1. The molecule has 102 valence electrons. The average Bonchev–Trinajstić information content (AvgIpc) is 2.89. The first kappa shape index (κ1) is 14.0. The standard InChI is InChI=1S/C15H20N2OS/c1-3-4-12-5-7-13(8-6-12)14-11-19-15(17-14)16-9-10-18-2/h5-8,11H,3-4,9-10H2,1-2H3,(H,16,17). The number of thiazole rings is 1. The zero-order valence-electron chi connectivity index (χ0n) is 11.5. The highest BCUT2D eigenvalue weighted by atomic mass is 32.1. The van der Waals surface area contributed by atoms with E-state index in [2.05, 4.69) is 46.9 Å². The summed E-state index contributed by atoms with van der Waals surface area (Å²) in [6, 6.07) is 8.68. The van der Waals surface area contributed by atoms with Gasteiger partial charge in [0.2, 0.25) is 0 Å². The van der Waals surface area contributed by atoms with E-state index in [0.29, 0.717) is 6.61 Å². The molecule has 0 fully saturated rings. The van der Waals surface area contributed by atoms with Gasteiger partial charge in [-0.2, -0.15) is 0 Å². The lowest BCUT2D eigenvalue weighted by molar-refractivity contribution is 0.211. The van der Waals surface area contributed by atoms with Gasteiger partial charge in [-0.3, -0.25) is 0 Å². The molecule has 0 amide bonds. The monoisotopic (exact) mass is 276 g/mol. The second kappa shape index (κ2) is 7.26. The molecule has 2 rings (SSSR count). The number of anilines is 1. The quantitative estimate of drug-likeness (QED) is 0.781. The third kappa shape index (κ3) is 4.04. The van der Waals surface area contributed by atoms with Crippen molar-refractivity contribution in [3.05, 3.63) is 35.2 Å². The van der Waals surface area contributed by atoms with Crippen LogP contribution in [0.4, 0.5) is 5.13 Å². The fourth-order valence-corrected chi connectivity index (χ4v) is 2.63. The minimum atomic E-state index is 0.695. The number of hydrogen-bond acceptors (Lipinski definition) is 4. The number of nitrogens with one attached hydrogen (secondary N) is 1. The number of hydrogen-bond donors (Lipinski definition) is 1. The van der Waals surface area contributed by atoms with Crippen LogP contribution in [0.5, 0.6) is 0 Å². The van der Waals surface area contributed by atoms with Crippen molar-refractivity contribution in [3.63, 3.8) is 0 Å². The van der Waals surface area contributed by atoms with Crippen molar-refractivity contribution in [2.75, 3.05) is 25.6 Å². The van der Waals surface area contributed by atoms with Crippen molar-refractivity contribution < 1.29 is 4.74 Å². The van der Waals surface area contributed by atoms with E-state index in [0.717, 1.165) is 23.8 Å². The van der Waals surface area contributed by atoms with Gasteiger partial charge in [-0.25, -0.2) is 4.98 Å². The highest BCUT2D eigenvalue weighted by molar-refractivity contribution is 7.14. The highest BCUT2D eigenvalue weighted by Crippen LogP contribution is 2.25. The van der Waals surface area contributed by atoms with Crippen LogP contribution >= 0.6 is 11.3 Å². The molecule has 0 spiro atoms. The largest absolute Gasteiger partial charge is 0.383 e. The Hall–Kier alpha value is -1.39. The zero-order valence-corrected chi connectivity index (χ0v) is 12.3. The Morgan fingerprint density at radius 2 is 2.05 bits per heavy atom. The Morgan fingerprint density at radius 3 is 2.74 bits per heavy atom. The SMILES string of the molecule is CCCc1ccc(-c2csc(NCCOC)n2)cc1. The van der Waals surface area contributed by atoms with E-state index in [-0.39, 0.29) is 0 Å². The van der Waals surface area contributed by atoms with Crippen LogP contribution in [0.15, 0.2) is 29.6 Å². The first-order valence-electron chi connectivity index (χ1n) is 6.61. The van der Waals surface area contributed by atoms with E-state index in [1.807, 2.05) is 0 Å². The Kier molecular flexibility index (Phi) is 5.36. The first-order chi connectivity index (χ1) is 9.33. The lowest BCUT2D eigenvalue weighted by Gasteiger charge is -2.01. The lowest BCUT2D eigenvalue weighted by Crippen LogP contribution is -2.06. The maximum absolute atomic E-state index is 5.01. The van der Waals surface area contributed by atoms with E-state index in [4.69, 9.17) is 4.74 Å². The Labute approximate surface area is 118 Å². The first-order valence-corrected chi connectivity index (χ1v) is 7.49. The molecule has 1 aromatic heterocycles. The van der Waals surface area contributed by atoms with Crippen LogP contribution in [0, 0.1) is 0 Å². The molecular formula is C15H20N2OS. The van der Waals surface area contributed by atoms with Crippen LogP contribution in [0.3, 0.4) is 0 Å². The summed E-state index contributed by atoms with van der Waals surface area (Å²) in [5, 5.41) is 6.29. The van der Waals surface area contributed by atoms with Crippen molar-refractivity contribution in [2.45, 2.75) is 19.8 Å². The molecule has 2 aromatic rings. The topological polar surface area (TPSA) is 34.1 Å². The zero-order chi connectivity index (χ0) is 13.5. The number of methoxy groups -OCH3 is 1. The van der Waals surface area contributed by atoms with Gasteiger partial charge in [0.25, 0.3) is 0 Å². The van der Waals surface area contributed by atoms with E-state index in [9.17, 15) is 0 Å². The molecule has 0 saturated heterocycles. The second-order valence-electron chi connectivity index (χ2n) is 4.40. The Bertz CT molecular complexity index is 493. The molecule has 0 radical (unpaired) electrons. The molecule has 1 heterocycles. The normalized spacial score (nSPS) is 10.6. The molecule has 0 bridgehead atoms. The van der Waals surface area contributed by atoms with E-state index in [1.165, 1.54) is 17.5 Å². The van der Waals surface area contributed by atoms with E-state index in [1.54, 1.807) is 18.4 Å². The second-order valence-corrected chi connectivity index (χ2v) is 5.26. The van der Waals surface area contributed by atoms with Crippen molar-refractivity contribution in [1.29, 1.82) is 0 Å². The predicted octanol–water partition coefficient (Wildman–Crippen LogP) is 3.82. The van der Waals surface area contributed by atoms with Crippen LogP contribution in [0.2, 0.25) is 0 Å². The summed E-state index contributed by atoms with van der Waals surface area (Å²) in [4.78, 5) is 4.58. The van der Waals surface area contributed by atoms with Crippen LogP contribution in [0.25, 0.3) is 11.3 Å². The average molecular weight is 276 g/mol. The third-order valence-electron chi connectivity index (χ3n) is 2.87. The summed E-state index contributed by atoms with van der Waals surface area (Å²) >= 11 is 1.63. The van der Waals surface area contributed by atoms with Crippen molar-refractivity contribution in [1.82, 2.24) is 4.98 Å². The highest BCUT2D eigenvalue weighted by Gasteiger charge is 2.04. The van der Waals surface area contributed by atoms with Crippen molar-refractivity contribution in [2.24, 2.45) is 0 Å². The molecule has 0 unspecified atom stereocenters. The number of aromatic nitrogens is 1. The molecule has 0 atom stereocenters. The molecular weight excluding hydrogens is 256 g/mol. The fraction of sp³-hybridized carbons (Fsp3) is 0.400. The van der Waals surface area contributed by atoms with Crippen LogP contribution in [-0.4, -0.2) is 25.2 Å². The number of aryl methyl sites for hydroxylation is 1. The summed E-state index contributed by atoms with van der Waals surface area (Å²) in [6.07, 6.45) is 2.32. The maximum Gasteiger partial charge on any atom is 0.183 e. The number of rotatable bonds is 7. The summed E-state index contributed by atoms with van der Waals surface area (Å²) < 4.78 is 5.01. The molecule has 0 aliphatic rings. The molecule has 1 N–H and O–H groups in total. The lowest BCUT2D eigenvalue weighted by atomic mass is 10.1. The molecule has 3 nitrogen and oxygen atoms in total. The molecule has 1 aromatic carbocycles. The molecule has 19 heavy (non-hydrogen) atoms.